The number of aromatic nitrogens is 2. The molecule has 354 valence electrons. The van der Waals surface area contributed by atoms with Gasteiger partial charge < -0.3 is 9.13 Å². The van der Waals surface area contributed by atoms with Crippen LogP contribution in [0.25, 0.3) is 143 Å². The zero-order valence-corrected chi connectivity index (χ0v) is 41.6. The Morgan fingerprint density at radius 3 is 0.697 bits per heavy atom. The predicted molar refractivity (Wildman–Crippen MR) is 323 cm³/mol. The lowest BCUT2D eigenvalue weighted by molar-refractivity contribution is 1.18. The Bertz CT molecular complexity index is 4390. The molecule has 0 atom stereocenters. The van der Waals surface area contributed by atoms with Gasteiger partial charge in [-0.1, -0.05) is 206 Å². The number of hydrogen-bond acceptors (Lipinski definition) is 0. The van der Waals surface area contributed by atoms with E-state index in [0.717, 1.165) is 11.4 Å². The van der Waals surface area contributed by atoms with Gasteiger partial charge in [0.2, 0.25) is 0 Å². The fraction of sp³-hybridized carbons (Fsp3) is 0. The van der Waals surface area contributed by atoms with E-state index >= 15 is 0 Å². The Morgan fingerprint density at radius 1 is 0.158 bits per heavy atom. The summed E-state index contributed by atoms with van der Waals surface area (Å²) >= 11 is 0. The highest BCUT2D eigenvalue weighted by Crippen LogP contribution is 2.47. The first-order valence-corrected chi connectivity index (χ1v) is 26.2. The number of hydrogen-bond donors (Lipinski definition) is 0. The molecule has 0 aliphatic rings. The van der Waals surface area contributed by atoms with E-state index in [1.807, 2.05) is 0 Å². The molecular formula is C74H48N2. The minimum absolute atomic E-state index is 1.15. The van der Waals surface area contributed by atoms with Crippen molar-refractivity contribution in [2.45, 2.75) is 0 Å². The highest BCUT2D eigenvalue weighted by molar-refractivity contribution is 6.23. The van der Waals surface area contributed by atoms with Crippen molar-refractivity contribution in [3.05, 3.63) is 291 Å². The Kier molecular flexibility index (Phi) is 10.2. The Hall–Kier alpha value is -10.0. The lowest BCUT2D eigenvalue weighted by Gasteiger charge is -2.20. The minimum atomic E-state index is 1.15. The van der Waals surface area contributed by atoms with Gasteiger partial charge in [0, 0.05) is 32.9 Å². The molecule has 13 aromatic carbocycles. The van der Waals surface area contributed by atoms with Gasteiger partial charge in [-0.15, -0.1) is 0 Å². The summed E-state index contributed by atoms with van der Waals surface area (Å²) in [5.41, 5.74) is 21.5. The van der Waals surface area contributed by atoms with Crippen LogP contribution in [0.1, 0.15) is 0 Å². The first-order valence-electron chi connectivity index (χ1n) is 26.2. The van der Waals surface area contributed by atoms with Crippen LogP contribution in [0.4, 0.5) is 0 Å². The smallest absolute Gasteiger partial charge is 0.0541 e. The largest absolute Gasteiger partial charge is 0.309 e. The summed E-state index contributed by atoms with van der Waals surface area (Å²) in [6.45, 7) is 0. The highest BCUT2D eigenvalue weighted by Gasteiger charge is 2.21. The summed E-state index contributed by atoms with van der Waals surface area (Å²) in [7, 11) is 0. The lowest BCUT2D eigenvalue weighted by atomic mass is 9.84. The molecule has 0 aliphatic heterocycles. The van der Waals surface area contributed by atoms with Crippen LogP contribution in [0.2, 0.25) is 0 Å². The molecule has 0 radical (unpaired) electrons. The quantitative estimate of drug-likeness (QED) is 0.134. The van der Waals surface area contributed by atoms with Crippen molar-refractivity contribution >= 4 is 65.2 Å². The van der Waals surface area contributed by atoms with E-state index in [0.29, 0.717) is 0 Å². The fourth-order valence-corrected chi connectivity index (χ4v) is 12.2. The maximum Gasteiger partial charge on any atom is 0.0541 e. The van der Waals surface area contributed by atoms with E-state index in [9.17, 15) is 0 Å². The standard InChI is InChI=1S/C74H48N2/c1-7-19-49(20-8-1)53-33-39-69-63(43-53)65-45-57(35-41-71(65)75(69)59-27-15-5-16-28-59)55-31-37-61-67(47-55)73(51-23-11-3-12-24-51)62-38-32-56(48-68(62)74(61)52-25-13-4-14-26-52)58-36-42-72-66(46-58)64-44-54(50-21-9-2-10-22-50)34-40-70(64)76(72)60-29-17-6-18-30-60/h1-48H. The number of para-hydroxylation sites is 2. The van der Waals surface area contributed by atoms with Gasteiger partial charge in [-0.3, -0.25) is 0 Å². The molecule has 2 aromatic heterocycles. The number of rotatable bonds is 8. The second-order valence-corrected chi connectivity index (χ2v) is 20.0. The average molecular weight is 965 g/mol. The molecule has 0 bridgehead atoms. The van der Waals surface area contributed by atoms with E-state index in [2.05, 4.69) is 300 Å². The average Bonchev–Trinajstić information content (AvgIpc) is 4.01. The van der Waals surface area contributed by atoms with Crippen molar-refractivity contribution in [2.75, 3.05) is 0 Å². The van der Waals surface area contributed by atoms with Gasteiger partial charge in [0.1, 0.15) is 0 Å². The van der Waals surface area contributed by atoms with Crippen molar-refractivity contribution in [1.29, 1.82) is 0 Å². The van der Waals surface area contributed by atoms with Gasteiger partial charge in [0.15, 0.2) is 0 Å². The van der Waals surface area contributed by atoms with E-state index < -0.39 is 0 Å². The first-order chi connectivity index (χ1) is 37.7. The lowest BCUT2D eigenvalue weighted by Crippen LogP contribution is -1.94. The Labute approximate surface area is 441 Å². The van der Waals surface area contributed by atoms with E-state index in [1.165, 1.54) is 132 Å². The van der Waals surface area contributed by atoms with Gasteiger partial charge in [-0.05, 0) is 173 Å². The zero-order valence-electron chi connectivity index (χ0n) is 41.6. The maximum absolute atomic E-state index is 2.45. The molecule has 0 unspecified atom stereocenters. The Morgan fingerprint density at radius 2 is 0.395 bits per heavy atom. The van der Waals surface area contributed by atoms with Gasteiger partial charge >= 0.3 is 0 Å². The van der Waals surface area contributed by atoms with Crippen molar-refractivity contribution in [3.63, 3.8) is 0 Å². The van der Waals surface area contributed by atoms with Crippen LogP contribution in [0.15, 0.2) is 291 Å². The van der Waals surface area contributed by atoms with Crippen LogP contribution < -0.4 is 0 Å². The van der Waals surface area contributed by atoms with E-state index in [4.69, 9.17) is 0 Å². The molecular weight excluding hydrogens is 917 g/mol. The SMILES string of the molecule is c1ccc(-c2ccc3c(c2)c2cc(-c4ccc5c(-c6ccccc6)c6cc(-c7ccc8c(c7)c7cc(-c9ccccc9)ccc7n8-c7ccccc7)ccc6c(-c6ccccc6)c5c4)ccc2n3-c2ccccc2)cc1. The second-order valence-electron chi connectivity index (χ2n) is 20.0. The molecule has 0 amide bonds. The van der Waals surface area contributed by atoms with Crippen molar-refractivity contribution in [2.24, 2.45) is 0 Å². The van der Waals surface area contributed by atoms with E-state index in [1.54, 1.807) is 0 Å². The fourth-order valence-electron chi connectivity index (χ4n) is 12.2. The minimum Gasteiger partial charge on any atom is -0.309 e. The van der Waals surface area contributed by atoms with E-state index in [-0.39, 0.29) is 0 Å². The predicted octanol–water partition coefficient (Wildman–Crippen LogP) is 20.2. The monoisotopic (exact) mass is 964 g/mol. The summed E-state index contributed by atoms with van der Waals surface area (Å²) in [5, 5.41) is 9.83. The van der Waals surface area contributed by atoms with Gasteiger partial charge in [-0.2, -0.15) is 0 Å². The van der Waals surface area contributed by atoms with Crippen LogP contribution in [0.3, 0.4) is 0 Å². The molecule has 0 N–H and O–H groups in total. The molecule has 0 saturated carbocycles. The molecule has 0 spiro atoms. The van der Waals surface area contributed by atoms with Crippen molar-refractivity contribution in [1.82, 2.24) is 9.13 Å². The summed E-state index contributed by atoms with van der Waals surface area (Å²) in [6.07, 6.45) is 0. The summed E-state index contributed by atoms with van der Waals surface area (Å²) in [4.78, 5) is 0. The normalized spacial score (nSPS) is 11.7. The van der Waals surface area contributed by atoms with Crippen LogP contribution in [0.5, 0.6) is 0 Å². The molecule has 2 heteroatoms. The third-order valence-corrected chi connectivity index (χ3v) is 15.7. The van der Waals surface area contributed by atoms with Crippen molar-refractivity contribution < 1.29 is 0 Å². The molecule has 15 rings (SSSR count). The topological polar surface area (TPSA) is 9.86 Å². The highest BCUT2D eigenvalue weighted by atomic mass is 15.0. The van der Waals surface area contributed by atoms with Crippen LogP contribution >= 0.6 is 0 Å². The molecule has 76 heavy (non-hydrogen) atoms. The second kappa shape index (κ2) is 17.9. The molecule has 15 aromatic rings. The third kappa shape index (κ3) is 7.18. The van der Waals surface area contributed by atoms with Crippen LogP contribution in [-0.4, -0.2) is 9.13 Å². The van der Waals surface area contributed by atoms with Crippen LogP contribution in [-0.2, 0) is 0 Å². The van der Waals surface area contributed by atoms with Gasteiger partial charge in [0.25, 0.3) is 0 Å². The number of fused-ring (bicyclic) bond motifs is 8. The zero-order chi connectivity index (χ0) is 50.1. The molecule has 2 nitrogen and oxygen atoms in total. The summed E-state index contributed by atoms with van der Waals surface area (Å²) < 4.78 is 4.82. The van der Waals surface area contributed by atoms with Crippen molar-refractivity contribution in [3.8, 4) is 78.1 Å². The maximum atomic E-state index is 2.45. The molecule has 0 fully saturated rings. The first kappa shape index (κ1) is 43.6. The summed E-state index contributed by atoms with van der Waals surface area (Å²) in [5.74, 6) is 0. The van der Waals surface area contributed by atoms with Crippen LogP contribution in [0, 0.1) is 0 Å². The van der Waals surface area contributed by atoms with Gasteiger partial charge in [0.05, 0.1) is 22.1 Å². The number of nitrogens with zero attached hydrogens (tertiary/aromatic N) is 2. The Balaban J connectivity index is 0.945. The number of benzene rings is 13. The molecule has 0 saturated heterocycles. The third-order valence-electron chi connectivity index (χ3n) is 15.7. The molecule has 2 heterocycles. The van der Waals surface area contributed by atoms with Gasteiger partial charge in [-0.25, -0.2) is 0 Å². The molecule has 0 aliphatic carbocycles. The summed E-state index contributed by atoms with van der Waals surface area (Å²) in [6, 6.07) is 107.